The highest BCUT2D eigenvalue weighted by Gasteiger charge is 2.07. The van der Waals surface area contributed by atoms with Crippen LogP contribution in [0.3, 0.4) is 0 Å². The van der Waals surface area contributed by atoms with Crippen LogP contribution in [0, 0.1) is 5.82 Å². The van der Waals surface area contributed by atoms with Crippen LogP contribution in [0.25, 0.3) is 0 Å². The van der Waals surface area contributed by atoms with Gasteiger partial charge in [0.25, 0.3) is 5.91 Å². The fraction of sp³-hybridized carbons (Fsp3) is 0.133. The second-order valence-corrected chi connectivity index (χ2v) is 7.02. The van der Waals surface area contributed by atoms with Gasteiger partial charge in [0.1, 0.15) is 11.6 Å². The number of hydrogen-bond acceptors (Lipinski definition) is 4. The summed E-state index contributed by atoms with van der Waals surface area (Å²) in [6.07, 6.45) is 1.04. The molecular weight excluding hydrogens is 359 g/mol. The van der Waals surface area contributed by atoms with Crippen molar-refractivity contribution in [2.24, 2.45) is 0 Å². The second-order valence-electron chi connectivity index (χ2n) is 4.86. The molecular formula is C15H14ClFN2O4S. The summed E-state index contributed by atoms with van der Waals surface area (Å²) in [7, 11) is -3.35. The lowest BCUT2D eigenvalue weighted by molar-refractivity contribution is -0.118. The SMILES string of the molecule is CS(=O)(=O)Nc1ccc(NC(=O)COc2ccc(F)c(Cl)c2)cc1. The predicted molar refractivity (Wildman–Crippen MR) is 90.4 cm³/mol. The summed E-state index contributed by atoms with van der Waals surface area (Å²) in [5, 5.41) is 2.48. The second kappa shape index (κ2) is 7.50. The van der Waals surface area contributed by atoms with Crippen LogP contribution in [0.4, 0.5) is 15.8 Å². The Balaban J connectivity index is 1.89. The number of carbonyl (C=O) groups is 1. The van der Waals surface area contributed by atoms with Crippen molar-refractivity contribution in [3.8, 4) is 5.75 Å². The molecule has 0 unspecified atom stereocenters. The van der Waals surface area contributed by atoms with Crippen molar-refractivity contribution in [1.82, 2.24) is 0 Å². The normalized spacial score (nSPS) is 11.0. The summed E-state index contributed by atoms with van der Waals surface area (Å²) in [5.41, 5.74) is 0.854. The van der Waals surface area contributed by atoms with Gasteiger partial charge < -0.3 is 10.1 Å². The van der Waals surface area contributed by atoms with Crippen molar-refractivity contribution in [3.63, 3.8) is 0 Å². The third-order valence-electron chi connectivity index (χ3n) is 2.73. The van der Waals surface area contributed by atoms with Gasteiger partial charge in [0.05, 0.1) is 11.3 Å². The lowest BCUT2D eigenvalue weighted by Gasteiger charge is -2.09. The Hall–Kier alpha value is -2.32. The molecule has 1 amide bonds. The number of ether oxygens (including phenoxy) is 1. The van der Waals surface area contributed by atoms with Gasteiger partial charge in [0.15, 0.2) is 6.61 Å². The van der Waals surface area contributed by atoms with Crippen LogP contribution in [0.2, 0.25) is 5.02 Å². The summed E-state index contributed by atoms with van der Waals surface area (Å²) >= 11 is 5.62. The average molecular weight is 373 g/mol. The molecule has 0 aliphatic carbocycles. The van der Waals surface area contributed by atoms with Gasteiger partial charge >= 0.3 is 0 Å². The summed E-state index contributed by atoms with van der Waals surface area (Å²) in [6.45, 7) is -0.286. The van der Waals surface area contributed by atoms with E-state index in [1.807, 2.05) is 0 Å². The molecule has 0 spiro atoms. The van der Waals surface area contributed by atoms with E-state index >= 15 is 0 Å². The van der Waals surface area contributed by atoms with Crippen LogP contribution < -0.4 is 14.8 Å². The number of halogens is 2. The van der Waals surface area contributed by atoms with E-state index in [1.165, 1.54) is 24.3 Å². The smallest absolute Gasteiger partial charge is 0.262 e. The molecule has 0 aliphatic heterocycles. The highest BCUT2D eigenvalue weighted by molar-refractivity contribution is 7.92. The quantitative estimate of drug-likeness (QED) is 0.816. The molecule has 128 valence electrons. The molecule has 2 rings (SSSR count). The fourth-order valence-corrected chi connectivity index (χ4v) is 2.48. The number of amides is 1. The van der Waals surface area contributed by atoms with Crippen LogP contribution in [-0.2, 0) is 14.8 Å². The number of anilines is 2. The molecule has 0 aromatic heterocycles. The number of carbonyl (C=O) groups excluding carboxylic acids is 1. The maximum Gasteiger partial charge on any atom is 0.262 e. The summed E-state index contributed by atoms with van der Waals surface area (Å²) < 4.78 is 42.7. The van der Waals surface area contributed by atoms with Crippen molar-refractivity contribution < 1.29 is 22.3 Å². The zero-order valence-corrected chi connectivity index (χ0v) is 14.1. The van der Waals surface area contributed by atoms with E-state index in [-0.39, 0.29) is 17.4 Å². The van der Waals surface area contributed by atoms with Gasteiger partial charge in [-0.3, -0.25) is 9.52 Å². The van der Waals surface area contributed by atoms with E-state index in [2.05, 4.69) is 10.0 Å². The largest absolute Gasteiger partial charge is 0.484 e. The van der Waals surface area contributed by atoms with Gasteiger partial charge in [0.2, 0.25) is 10.0 Å². The van der Waals surface area contributed by atoms with Crippen molar-refractivity contribution in [3.05, 3.63) is 53.3 Å². The van der Waals surface area contributed by atoms with Crippen molar-refractivity contribution in [2.45, 2.75) is 0 Å². The minimum atomic E-state index is -3.35. The molecule has 0 heterocycles. The lowest BCUT2D eigenvalue weighted by atomic mass is 10.3. The Morgan fingerprint density at radius 3 is 2.38 bits per heavy atom. The van der Waals surface area contributed by atoms with E-state index in [1.54, 1.807) is 12.1 Å². The number of nitrogens with one attached hydrogen (secondary N) is 2. The molecule has 0 saturated carbocycles. The Morgan fingerprint density at radius 2 is 1.79 bits per heavy atom. The van der Waals surface area contributed by atoms with Gasteiger partial charge in [-0.15, -0.1) is 0 Å². The maximum absolute atomic E-state index is 13.0. The van der Waals surface area contributed by atoms with E-state index in [0.29, 0.717) is 11.4 Å². The molecule has 24 heavy (non-hydrogen) atoms. The highest BCUT2D eigenvalue weighted by Crippen LogP contribution is 2.21. The maximum atomic E-state index is 13.0. The first-order valence-electron chi connectivity index (χ1n) is 6.68. The Morgan fingerprint density at radius 1 is 1.17 bits per heavy atom. The van der Waals surface area contributed by atoms with Gasteiger partial charge in [-0.05, 0) is 36.4 Å². The Labute approximate surface area is 143 Å². The number of rotatable bonds is 6. The van der Waals surface area contributed by atoms with Crippen LogP contribution >= 0.6 is 11.6 Å². The molecule has 2 aromatic rings. The Kier molecular flexibility index (Phi) is 5.63. The van der Waals surface area contributed by atoms with Crippen molar-refractivity contribution in [2.75, 3.05) is 22.9 Å². The van der Waals surface area contributed by atoms with E-state index < -0.39 is 21.7 Å². The fourth-order valence-electron chi connectivity index (χ4n) is 1.75. The van der Waals surface area contributed by atoms with Crippen molar-refractivity contribution in [1.29, 1.82) is 0 Å². The van der Waals surface area contributed by atoms with Gasteiger partial charge in [-0.1, -0.05) is 11.6 Å². The molecule has 0 fully saturated rings. The topological polar surface area (TPSA) is 84.5 Å². The van der Waals surface area contributed by atoms with Crippen LogP contribution in [0.15, 0.2) is 42.5 Å². The van der Waals surface area contributed by atoms with Crippen LogP contribution in [0.1, 0.15) is 0 Å². The van der Waals surface area contributed by atoms with E-state index in [4.69, 9.17) is 16.3 Å². The first-order valence-corrected chi connectivity index (χ1v) is 8.95. The number of benzene rings is 2. The molecule has 6 nitrogen and oxygen atoms in total. The minimum Gasteiger partial charge on any atom is -0.484 e. The molecule has 9 heteroatoms. The lowest BCUT2D eigenvalue weighted by Crippen LogP contribution is -2.20. The minimum absolute atomic E-state index is 0.0955. The number of sulfonamides is 1. The standard InChI is InChI=1S/C15H14ClFN2O4S/c1-24(21,22)19-11-4-2-10(3-5-11)18-15(20)9-23-12-6-7-14(17)13(16)8-12/h2-8,19H,9H2,1H3,(H,18,20). The molecule has 0 bridgehead atoms. The molecule has 2 aromatic carbocycles. The zero-order valence-electron chi connectivity index (χ0n) is 12.5. The van der Waals surface area contributed by atoms with Gasteiger partial charge in [-0.25, -0.2) is 12.8 Å². The molecule has 0 saturated heterocycles. The summed E-state index contributed by atoms with van der Waals surface area (Å²) in [6, 6.07) is 9.88. The number of hydrogen-bond donors (Lipinski definition) is 2. The Bertz CT molecular complexity index is 841. The van der Waals surface area contributed by atoms with Gasteiger partial charge in [-0.2, -0.15) is 0 Å². The first-order chi connectivity index (χ1) is 11.2. The molecule has 0 atom stereocenters. The van der Waals surface area contributed by atoms with Crippen molar-refractivity contribution >= 4 is 38.9 Å². The van der Waals surface area contributed by atoms with E-state index in [9.17, 15) is 17.6 Å². The monoisotopic (exact) mass is 372 g/mol. The summed E-state index contributed by atoms with van der Waals surface area (Å²) in [5.74, 6) is -0.736. The van der Waals surface area contributed by atoms with E-state index in [0.717, 1.165) is 12.3 Å². The molecule has 2 N–H and O–H groups in total. The highest BCUT2D eigenvalue weighted by atomic mass is 35.5. The van der Waals surface area contributed by atoms with Crippen LogP contribution in [0.5, 0.6) is 5.75 Å². The van der Waals surface area contributed by atoms with Gasteiger partial charge in [0, 0.05) is 17.4 Å². The average Bonchev–Trinajstić information content (AvgIpc) is 2.49. The predicted octanol–water partition coefficient (Wildman–Crippen LogP) is 2.87. The molecule has 0 radical (unpaired) electrons. The molecule has 0 aliphatic rings. The third-order valence-corrected chi connectivity index (χ3v) is 3.63. The summed E-state index contributed by atoms with van der Waals surface area (Å²) in [4.78, 5) is 11.8. The van der Waals surface area contributed by atoms with Crippen LogP contribution in [-0.4, -0.2) is 27.2 Å². The first kappa shape index (κ1) is 18.0. The zero-order chi connectivity index (χ0) is 17.7. The third kappa shape index (κ3) is 5.71.